The standard InChI is InChI=1S/C24H31Cl2N3O4S/c1-6-11-27-24(31)18(4)28(14-19-9-10-20(25)13-21(19)26)23(30)15-29(34(5,32)33)22-12-16(2)7-8-17(22)3/h7-10,12-13,18H,6,11,14-15H2,1-5H3,(H,27,31)/t18-/m1/s1. The van der Waals surface area contributed by atoms with Crippen molar-refractivity contribution >= 4 is 50.7 Å². The molecule has 1 atom stereocenters. The number of anilines is 1. The first-order valence-corrected chi connectivity index (χ1v) is 13.5. The molecular weight excluding hydrogens is 497 g/mol. The van der Waals surface area contributed by atoms with Crippen LogP contribution in [0.3, 0.4) is 0 Å². The normalized spacial score (nSPS) is 12.2. The molecule has 0 unspecified atom stereocenters. The highest BCUT2D eigenvalue weighted by molar-refractivity contribution is 7.92. The molecule has 10 heteroatoms. The SMILES string of the molecule is CCCNC(=O)[C@@H](C)N(Cc1ccc(Cl)cc1Cl)C(=O)CN(c1cc(C)ccc1C)S(C)(=O)=O. The van der Waals surface area contributed by atoms with E-state index in [1.54, 1.807) is 44.2 Å². The maximum atomic E-state index is 13.5. The summed E-state index contributed by atoms with van der Waals surface area (Å²) in [6.45, 7) is 7.18. The Hall–Kier alpha value is -2.29. The van der Waals surface area contributed by atoms with E-state index in [-0.39, 0.29) is 12.5 Å². The molecule has 0 saturated heterocycles. The zero-order chi connectivity index (χ0) is 25.6. The molecule has 34 heavy (non-hydrogen) atoms. The molecule has 0 aliphatic carbocycles. The third-order valence-corrected chi connectivity index (χ3v) is 7.10. The summed E-state index contributed by atoms with van der Waals surface area (Å²) in [6, 6.07) is 9.43. The fraction of sp³-hybridized carbons (Fsp3) is 0.417. The first-order valence-electron chi connectivity index (χ1n) is 10.9. The van der Waals surface area contributed by atoms with Crippen molar-refractivity contribution in [3.63, 3.8) is 0 Å². The summed E-state index contributed by atoms with van der Waals surface area (Å²) in [6.07, 6.45) is 1.80. The Morgan fingerprint density at radius 1 is 1.09 bits per heavy atom. The van der Waals surface area contributed by atoms with Crippen LogP contribution < -0.4 is 9.62 Å². The lowest BCUT2D eigenvalue weighted by atomic mass is 10.1. The van der Waals surface area contributed by atoms with E-state index in [1.807, 2.05) is 19.9 Å². The quantitative estimate of drug-likeness (QED) is 0.498. The second-order valence-corrected chi connectivity index (χ2v) is 11.0. The van der Waals surface area contributed by atoms with Crippen LogP contribution in [0.4, 0.5) is 5.69 Å². The van der Waals surface area contributed by atoms with Crippen molar-refractivity contribution in [3.05, 3.63) is 63.1 Å². The molecule has 2 amide bonds. The first-order chi connectivity index (χ1) is 15.8. The Kier molecular flexibility index (Phi) is 9.79. The van der Waals surface area contributed by atoms with E-state index in [0.29, 0.717) is 33.4 Å². The maximum absolute atomic E-state index is 13.5. The number of carbonyl (C=O) groups excluding carboxylic acids is 2. The number of aryl methyl sites for hydroxylation is 2. The Balaban J connectivity index is 2.45. The summed E-state index contributed by atoms with van der Waals surface area (Å²) in [5, 5.41) is 3.58. The second kappa shape index (κ2) is 11.9. The second-order valence-electron chi connectivity index (χ2n) is 8.28. The average molecular weight is 529 g/mol. The van der Waals surface area contributed by atoms with Gasteiger partial charge >= 0.3 is 0 Å². The molecule has 0 fully saturated rings. The number of nitrogens with zero attached hydrogens (tertiary/aromatic N) is 2. The number of rotatable bonds is 10. The topological polar surface area (TPSA) is 86.8 Å². The van der Waals surface area contributed by atoms with E-state index in [1.165, 1.54) is 4.90 Å². The molecule has 0 heterocycles. The van der Waals surface area contributed by atoms with E-state index in [9.17, 15) is 18.0 Å². The van der Waals surface area contributed by atoms with Crippen LogP contribution >= 0.6 is 23.2 Å². The molecule has 186 valence electrons. The number of halogens is 2. The van der Waals surface area contributed by atoms with Gasteiger partial charge in [-0.2, -0.15) is 0 Å². The number of nitrogens with one attached hydrogen (secondary N) is 1. The van der Waals surface area contributed by atoms with E-state index < -0.39 is 28.5 Å². The summed E-state index contributed by atoms with van der Waals surface area (Å²) in [7, 11) is -3.79. The minimum absolute atomic E-state index is 0.0138. The van der Waals surface area contributed by atoms with Crippen LogP contribution in [0.5, 0.6) is 0 Å². The van der Waals surface area contributed by atoms with Crippen LogP contribution in [-0.2, 0) is 26.2 Å². The van der Waals surface area contributed by atoms with Gasteiger partial charge in [-0.3, -0.25) is 13.9 Å². The average Bonchev–Trinajstić information content (AvgIpc) is 2.75. The molecule has 0 saturated carbocycles. The molecule has 2 aromatic carbocycles. The highest BCUT2D eigenvalue weighted by Gasteiger charge is 2.30. The number of sulfonamides is 1. The van der Waals surface area contributed by atoms with Gasteiger partial charge in [-0.25, -0.2) is 8.42 Å². The van der Waals surface area contributed by atoms with Gasteiger partial charge in [-0.15, -0.1) is 0 Å². The van der Waals surface area contributed by atoms with Crippen molar-refractivity contribution < 1.29 is 18.0 Å². The summed E-state index contributed by atoms with van der Waals surface area (Å²) >= 11 is 12.3. The van der Waals surface area contributed by atoms with Gasteiger partial charge < -0.3 is 10.2 Å². The molecule has 0 bridgehead atoms. The lowest BCUT2D eigenvalue weighted by molar-refractivity contribution is -0.139. The fourth-order valence-corrected chi connectivity index (χ4v) is 4.76. The van der Waals surface area contributed by atoms with Crippen LogP contribution in [0.1, 0.15) is 37.0 Å². The van der Waals surface area contributed by atoms with Crippen molar-refractivity contribution in [2.24, 2.45) is 0 Å². The van der Waals surface area contributed by atoms with Gasteiger partial charge in [0, 0.05) is 23.1 Å². The summed E-state index contributed by atoms with van der Waals surface area (Å²) in [5.74, 6) is -0.866. The number of hydrogen-bond donors (Lipinski definition) is 1. The molecule has 0 aliphatic heterocycles. The lowest BCUT2D eigenvalue weighted by Crippen LogP contribution is -2.51. The number of hydrogen-bond acceptors (Lipinski definition) is 4. The van der Waals surface area contributed by atoms with Crippen LogP contribution in [0.15, 0.2) is 36.4 Å². The minimum atomic E-state index is -3.79. The van der Waals surface area contributed by atoms with E-state index in [2.05, 4.69) is 5.32 Å². The molecule has 0 aromatic heterocycles. The molecule has 2 rings (SSSR count). The first kappa shape index (κ1) is 28.0. The Morgan fingerprint density at radius 3 is 2.35 bits per heavy atom. The smallest absolute Gasteiger partial charge is 0.244 e. The molecule has 0 aliphatic rings. The summed E-state index contributed by atoms with van der Waals surface area (Å²) in [5.41, 5.74) is 2.58. The lowest BCUT2D eigenvalue weighted by Gasteiger charge is -2.32. The van der Waals surface area contributed by atoms with Gasteiger partial charge in [-0.05, 0) is 62.1 Å². The zero-order valence-corrected chi connectivity index (χ0v) is 22.4. The van der Waals surface area contributed by atoms with Crippen molar-refractivity contribution in [3.8, 4) is 0 Å². The number of amides is 2. The van der Waals surface area contributed by atoms with Crippen molar-refractivity contribution in [2.45, 2.75) is 46.7 Å². The van der Waals surface area contributed by atoms with Gasteiger partial charge in [0.25, 0.3) is 0 Å². The molecule has 7 nitrogen and oxygen atoms in total. The molecule has 2 aromatic rings. The highest BCUT2D eigenvalue weighted by Crippen LogP contribution is 2.26. The monoisotopic (exact) mass is 527 g/mol. The largest absolute Gasteiger partial charge is 0.354 e. The minimum Gasteiger partial charge on any atom is -0.354 e. The molecule has 0 radical (unpaired) electrons. The van der Waals surface area contributed by atoms with Crippen molar-refractivity contribution in [1.29, 1.82) is 0 Å². The molecule has 0 spiro atoms. The van der Waals surface area contributed by atoms with Crippen molar-refractivity contribution in [1.82, 2.24) is 10.2 Å². The van der Waals surface area contributed by atoms with Gasteiger partial charge in [0.2, 0.25) is 21.8 Å². The summed E-state index contributed by atoms with van der Waals surface area (Å²) < 4.78 is 26.5. The van der Waals surface area contributed by atoms with Gasteiger partial charge in [-0.1, -0.05) is 48.3 Å². The van der Waals surface area contributed by atoms with Gasteiger partial charge in [0.15, 0.2) is 0 Å². The predicted octanol–water partition coefficient (Wildman–Crippen LogP) is 4.32. The summed E-state index contributed by atoms with van der Waals surface area (Å²) in [4.78, 5) is 27.6. The molecule has 1 N–H and O–H groups in total. The third kappa shape index (κ3) is 7.35. The van der Waals surface area contributed by atoms with Crippen LogP contribution in [0, 0.1) is 13.8 Å². The predicted molar refractivity (Wildman–Crippen MR) is 138 cm³/mol. The Labute approximate surface area is 212 Å². The van der Waals surface area contributed by atoms with E-state index in [0.717, 1.165) is 22.5 Å². The third-order valence-electron chi connectivity index (χ3n) is 5.38. The van der Waals surface area contributed by atoms with E-state index >= 15 is 0 Å². The van der Waals surface area contributed by atoms with Gasteiger partial charge in [0.05, 0.1) is 11.9 Å². The van der Waals surface area contributed by atoms with Crippen molar-refractivity contribution in [2.75, 3.05) is 23.7 Å². The fourth-order valence-electron chi connectivity index (χ4n) is 3.39. The van der Waals surface area contributed by atoms with Crippen LogP contribution in [0.25, 0.3) is 0 Å². The van der Waals surface area contributed by atoms with E-state index in [4.69, 9.17) is 23.2 Å². The number of benzene rings is 2. The molecular formula is C24H31Cl2N3O4S. The Bertz CT molecular complexity index is 1150. The van der Waals surface area contributed by atoms with Gasteiger partial charge in [0.1, 0.15) is 12.6 Å². The number of carbonyl (C=O) groups is 2. The van der Waals surface area contributed by atoms with Crippen LogP contribution in [-0.4, -0.2) is 50.5 Å². The zero-order valence-electron chi connectivity index (χ0n) is 20.1. The van der Waals surface area contributed by atoms with Crippen LogP contribution in [0.2, 0.25) is 10.0 Å². The maximum Gasteiger partial charge on any atom is 0.244 e. The Morgan fingerprint density at radius 2 is 1.76 bits per heavy atom. The highest BCUT2D eigenvalue weighted by atomic mass is 35.5.